The number of carbonyl (C=O) groups is 1. The Bertz CT molecular complexity index is 149. The zero-order valence-corrected chi connectivity index (χ0v) is 6.68. The summed E-state index contributed by atoms with van der Waals surface area (Å²) in [5.74, 6) is 0.381. The minimum Gasteiger partial charge on any atom is -0.369 e. The van der Waals surface area contributed by atoms with Crippen LogP contribution >= 0.6 is 0 Å². The van der Waals surface area contributed by atoms with Crippen molar-refractivity contribution in [1.82, 2.24) is 0 Å². The van der Waals surface area contributed by atoms with Crippen molar-refractivity contribution in [3.63, 3.8) is 0 Å². The van der Waals surface area contributed by atoms with Crippen LogP contribution in [0, 0.1) is 11.3 Å². The van der Waals surface area contributed by atoms with Crippen molar-refractivity contribution < 1.29 is 4.79 Å². The molecule has 0 spiro atoms. The van der Waals surface area contributed by atoms with E-state index in [-0.39, 0.29) is 11.3 Å². The molecule has 0 aromatic heterocycles. The summed E-state index contributed by atoms with van der Waals surface area (Å²) < 4.78 is 0. The molecule has 10 heavy (non-hydrogen) atoms. The van der Waals surface area contributed by atoms with Gasteiger partial charge in [-0.05, 0) is 18.8 Å². The highest BCUT2D eigenvalue weighted by atomic mass is 16.1. The van der Waals surface area contributed by atoms with Crippen molar-refractivity contribution in [2.75, 3.05) is 0 Å². The van der Waals surface area contributed by atoms with Crippen LogP contribution in [0.25, 0.3) is 0 Å². The van der Waals surface area contributed by atoms with Crippen LogP contribution < -0.4 is 5.73 Å². The smallest absolute Gasteiger partial charge is 0.223 e. The molecule has 0 bridgehead atoms. The fourth-order valence-corrected chi connectivity index (χ4v) is 1.51. The lowest BCUT2D eigenvalue weighted by atomic mass is 9.88. The fraction of sp³-hybridized carbons (Fsp3) is 0.875. The molecule has 1 aliphatic carbocycles. The third-order valence-electron chi connectivity index (χ3n) is 2.84. The van der Waals surface area contributed by atoms with E-state index in [1.54, 1.807) is 0 Å². The number of primary amides is 1. The van der Waals surface area contributed by atoms with E-state index in [1.807, 2.05) is 0 Å². The third-order valence-corrected chi connectivity index (χ3v) is 2.84. The number of amides is 1. The first-order valence-corrected chi connectivity index (χ1v) is 3.93. The van der Waals surface area contributed by atoms with Crippen molar-refractivity contribution in [3.8, 4) is 0 Å². The van der Waals surface area contributed by atoms with Crippen LogP contribution in [-0.4, -0.2) is 5.91 Å². The highest BCUT2D eigenvalue weighted by molar-refractivity contribution is 5.83. The van der Waals surface area contributed by atoms with Gasteiger partial charge < -0.3 is 5.73 Å². The van der Waals surface area contributed by atoms with E-state index in [2.05, 4.69) is 13.8 Å². The number of nitrogens with two attached hydrogens (primary N) is 1. The summed E-state index contributed by atoms with van der Waals surface area (Å²) in [7, 11) is 0. The maximum Gasteiger partial charge on any atom is 0.223 e. The second-order valence-electron chi connectivity index (χ2n) is 3.33. The second-order valence-corrected chi connectivity index (χ2v) is 3.33. The molecule has 0 aromatic rings. The molecular formula is C8H15NO. The molecule has 1 rings (SSSR count). The van der Waals surface area contributed by atoms with Gasteiger partial charge in [-0.3, -0.25) is 4.79 Å². The van der Waals surface area contributed by atoms with E-state index in [4.69, 9.17) is 5.73 Å². The monoisotopic (exact) mass is 141 g/mol. The minimum atomic E-state index is -0.102. The van der Waals surface area contributed by atoms with Crippen LogP contribution in [0.5, 0.6) is 0 Å². The Morgan fingerprint density at radius 2 is 2.20 bits per heavy atom. The lowest BCUT2D eigenvalue weighted by molar-refractivity contribution is -0.124. The summed E-state index contributed by atoms with van der Waals surface area (Å²) in [5, 5.41) is 0. The SMILES string of the molecule is CCC(C)C1(C(N)=O)CC1. The van der Waals surface area contributed by atoms with Gasteiger partial charge in [-0.2, -0.15) is 0 Å². The summed E-state index contributed by atoms with van der Waals surface area (Å²) in [6, 6.07) is 0. The van der Waals surface area contributed by atoms with Crippen molar-refractivity contribution in [1.29, 1.82) is 0 Å². The second kappa shape index (κ2) is 2.26. The zero-order valence-electron chi connectivity index (χ0n) is 6.68. The number of hydrogen-bond donors (Lipinski definition) is 1. The van der Waals surface area contributed by atoms with Crippen molar-refractivity contribution >= 4 is 5.91 Å². The minimum absolute atomic E-state index is 0.0955. The Kier molecular flexibility index (Phi) is 1.71. The van der Waals surface area contributed by atoms with Crippen molar-refractivity contribution in [2.45, 2.75) is 33.1 Å². The van der Waals surface area contributed by atoms with Gasteiger partial charge >= 0.3 is 0 Å². The topological polar surface area (TPSA) is 43.1 Å². The fourth-order valence-electron chi connectivity index (χ4n) is 1.51. The van der Waals surface area contributed by atoms with Gasteiger partial charge in [-0.15, -0.1) is 0 Å². The highest BCUT2D eigenvalue weighted by Crippen LogP contribution is 2.52. The molecule has 1 saturated carbocycles. The van der Waals surface area contributed by atoms with E-state index in [9.17, 15) is 4.79 Å². The molecule has 0 saturated heterocycles. The molecule has 2 heteroatoms. The quantitative estimate of drug-likeness (QED) is 0.632. The van der Waals surface area contributed by atoms with E-state index >= 15 is 0 Å². The zero-order chi connectivity index (χ0) is 7.78. The molecular weight excluding hydrogens is 126 g/mol. The van der Waals surface area contributed by atoms with Gasteiger partial charge in [-0.25, -0.2) is 0 Å². The predicted molar refractivity (Wildman–Crippen MR) is 40.3 cm³/mol. The Labute approximate surface area is 61.8 Å². The molecule has 0 radical (unpaired) electrons. The molecule has 58 valence electrons. The van der Waals surface area contributed by atoms with E-state index in [0.717, 1.165) is 19.3 Å². The number of carbonyl (C=O) groups excluding carboxylic acids is 1. The standard InChI is InChI=1S/C8H15NO/c1-3-6(2)8(4-5-8)7(9)10/h6H,3-5H2,1-2H3,(H2,9,10). The van der Waals surface area contributed by atoms with Gasteiger partial charge in [0.15, 0.2) is 0 Å². The molecule has 2 nitrogen and oxygen atoms in total. The van der Waals surface area contributed by atoms with E-state index in [1.165, 1.54) is 0 Å². The van der Waals surface area contributed by atoms with E-state index in [0.29, 0.717) is 5.92 Å². The van der Waals surface area contributed by atoms with Gasteiger partial charge in [-0.1, -0.05) is 20.3 Å². The molecule has 0 aromatic carbocycles. The number of rotatable bonds is 3. The first kappa shape index (κ1) is 7.58. The summed E-state index contributed by atoms with van der Waals surface area (Å²) in [5.41, 5.74) is 5.17. The van der Waals surface area contributed by atoms with Crippen molar-refractivity contribution in [3.05, 3.63) is 0 Å². The lowest BCUT2D eigenvalue weighted by Crippen LogP contribution is -2.30. The van der Waals surface area contributed by atoms with Crippen molar-refractivity contribution in [2.24, 2.45) is 17.1 Å². The molecule has 1 fully saturated rings. The Morgan fingerprint density at radius 3 is 2.30 bits per heavy atom. The predicted octanol–water partition coefficient (Wildman–Crippen LogP) is 1.30. The van der Waals surface area contributed by atoms with E-state index < -0.39 is 0 Å². The van der Waals surface area contributed by atoms with Crippen LogP contribution in [0.15, 0.2) is 0 Å². The maximum atomic E-state index is 10.9. The summed E-state index contributed by atoms with van der Waals surface area (Å²) in [6.45, 7) is 4.21. The normalized spacial score (nSPS) is 23.8. The molecule has 0 aliphatic heterocycles. The van der Waals surface area contributed by atoms with Gasteiger partial charge in [0.1, 0.15) is 0 Å². The Hall–Kier alpha value is -0.530. The summed E-state index contributed by atoms with van der Waals surface area (Å²) in [6.07, 6.45) is 3.08. The van der Waals surface area contributed by atoms with Crippen LogP contribution in [0.4, 0.5) is 0 Å². The van der Waals surface area contributed by atoms with Crippen LogP contribution in [0.1, 0.15) is 33.1 Å². The van der Waals surface area contributed by atoms with Crippen LogP contribution in [0.2, 0.25) is 0 Å². The molecule has 1 unspecified atom stereocenters. The molecule has 0 heterocycles. The third kappa shape index (κ3) is 0.917. The largest absolute Gasteiger partial charge is 0.369 e. The Morgan fingerprint density at radius 1 is 1.70 bits per heavy atom. The van der Waals surface area contributed by atoms with Gasteiger partial charge in [0.05, 0.1) is 5.41 Å². The average molecular weight is 141 g/mol. The van der Waals surface area contributed by atoms with Crippen LogP contribution in [0.3, 0.4) is 0 Å². The Balaban J connectivity index is 2.60. The first-order valence-electron chi connectivity index (χ1n) is 3.93. The molecule has 2 N–H and O–H groups in total. The van der Waals surface area contributed by atoms with Gasteiger partial charge in [0.2, 0.25) is 5.91 Å². The number of hydrogen-bond acceptors (Lipinski definition) is 1. The van der Waals surface area contributed by atoms with Crippen LogP contribution in [-0.2, 0) is 4.79 Å². The molecule has 1 amide bonds. The van der Waals surface area contributed by atoms with Gasteiger partial charge in [0.25, 0.3) is 0 Å². The molecule has 1 atom stereocenters. The highest BCUT2D eigenvalue weighted by Gasteiger charge is 2.51. The average Bonchev–Trinajstić information content (AvgIpc) is 2.65. The molecule has 1 aliphatic rings. The lowest BCUT2D eigenvalue weighted by Gasteiger charge is -2.17. The summed E-state index contributed by atoms with van der Waals surface area (Å²) >= 11 is 0. The first-order chi connectivity index (χ1) is 4.63. The maximum absolute atomic E-state index is 10.9. The van der Waals surface area contributed by atoms with Gasteiger partial charge in [0, 0.05) is 0 Å². The summed E-state index contributed by atoms with van der Waals surface area (Å²) in [4.78, 5) is 10.9.